The maximum Gasteiger partial charge on any atom is 0.330 e. The van der Waals surface area contributed by atoms with Crippen molar-refractivity contribution in [1.82, 2.24) is 0 Å². The van der Waals surface area contributed by atoms with Crippen LogP contribution < -0.4 is 9.64 Å². The number of carbonyl (C=O) groups is 2. The molecule has 280 valence electrons. The van der Waals surface area contributed by atoms with Gasteiger partial charge in [0.2, 0.25) is 5.79 Å². The fourth-order valence-electron chi connectivity index (χ4n) is 7.72. The predicted octanol–water partition coefficient (Wildman–Crippen LogP) is 1.23. The molecule has 7 atom stereocenters. The lowest BCUT2D eigenvalue weighted by Crippen LogP contribution is -2.68. The van der Waals surface area contributed by atoms with E-state index in [1.807, 2.05) is 13.8 Å². The molecule has 6 rings (SSSR count). The van der Waals surface area contributed by atoms with Gasteiger partial charge in [0.15, 0.2) is 11.5 Å². The first-order valence-electron chi connectivity index (χ1n) is 17.4. The van der Waals surface area contributed by atoms with Crippen molar-refractivity contribution in [3.8, 4) is 17.2 Å². The summed E-state index contributed by atoms with van der Waals surface area (Å²) in [6, 6.07) is 6.07. The number of nitrogens with zero attached hydrogens (tertiary/aromatic N) is 3. The molecule has 1 spiro atoms. The van der Waals surface area contributed by atoms with Gasteiger partial charge < -0.3 is 50.3 Å². The Morgan fingerprint density at radius 1 is 1.12 bits per heavy atom. The molecule has 4 aliphatic rings. The third-order valence-electron chi connectivity index (χ3n) is 10.3. The number of aliphatic carboxylic acids is 1. The van der Waals surface area contributed by atoms with E-state index in [-0.39, 0.29) is 60.8 Å². The Balaban J connectivity index is 1.40. The van der Waals surface area contributed by atoms with Crippen LogP contribution in [0, 0.1) is 5.92 Å². The summed E-state index contributed by atoms with van der Waals surface area (Å²) in [5.74, 6) is -4.48. The fourth-order valence-corrected chi connectivity index (χ4v) is 7.72. The SMILES string of the molecule is CC(C)CC(O)CCC1(C(=O)O)Cc2cc(O)c3c(c2N1C(=O)C=Cc1ccc(O)c(CC2=NCN=C2)c1)CCC1(O3)OC(CO)C(O)C(O)C1O. The maximum absolute atomic E-state index is 14.4. The van der Waals surface area contributed by atoms with Crippen LogP contribution in [-0.2, 0) is 33.6 Å². The molecule has 0 bridgehead atoms. The second kappa shape index (κ2) is 14.6. The quantitative estimate of drug-likeness (QED) is 0.153. The van der Waals surface area contributed by atoms with Crippen LogP contribution in [-0.4, -0.2) is 120 Å². The van der Waals surface area contributed by atoms with Crippen molar-refractivity contribution in [2.45, 2.75) is 101 Å². The molecule has 8 N–H and O–H groups in total. The summed E-state index contributed by atoms with van der Waals surface area (Å²) < 4.78 is 11.9. The summed E-state index contributed by atoms with van der Waals surface area (Å²) >= 11 is 0. The zero-order valence-electron chi connectivity index (χ0n) is 28.9. The number of ether oxygens (including phenoxy) is 2. The molecule has 0 aromatic heterocycles. The fraction of sp³-hybridized carbons (Fsp3) is 0.514. The molecule has 1 amide bonds. The highest BCUT2D eigenvalue weighted by molar-refractivity contribution is 6.32. The number of benzene rings is 2. The zero-order valence-corrected chi connectivity index (χ0v) is 28.9. The number of carboxylic acids is 1. The van der Waals surface area contributed by atoms with Crippen LogP contribution in [0.15, 0.2) is 40.3 Å². The molecule has 2 aromatic carbocycles. The Morgan fingerprint density at radius 3 is 2.56 bits per heavy atom. The third kappa shape index (κ3) is 6.79. The first-order valence-corrected chi connectivity index (χ1v) is 17.4. The van der Waals surface area contributed by atoms with Crippen LogP contribution >= 0.6 is 0 Å². The van der Waals surface area contributed by atoms with Gasteiger partial charge in [-0.1, -0.05) is 19.9 Å². The van der Waals surface area contributed by atoms with E-state index in [2.05, 4.69) is 9.98 Å². The molecule has 0 aliphatic carbocycles. The minimum Gasteiger partial charge on any atom is -0.508 e. The lowest BCUT2D eigenvalue weighted by atomic mass is 9.85. The minimum atomic E-state index is -1.99. The molecule has 15 heteroatoms. The van der Waals surface area contributed by atoms with Gasteiger partial charge >= 0.3 is 5.97 Å². The van der Waals surface area contributed by atoms with Crippen molar-refractivity contribution in [2.24, 2.45) is 15.9 Å². The molecule has 4 aliphatic heterocycles. The van der Waals surface area contributed by atoms with E-state index in [9.17, 15) is 50.4 Å². The van der Waals surface area contributed by atoms with Crippen molar-refractivity contribution in [3.63, 3.8) is 0 Å². The van der Waals surface area contributed by atoms with E-state index in [0.717, 1.165) is 0 Å². The number of aromatic hydroxyl groups is 2. The summed E-state index contributed by atoms with van der Waals surface area (Å²) in [7, 11) is 0. The average Bonchev–Trinajstić information content (AvgIpc) is 3.74. The highest BCUT2D eigenvalue weighted by Crippen LogP contribution is 2.54. The number of carboxylic acid groups (broad SMARTS) is 1. The first kappa shape index (κ1) is 37.4. The Morgan fingerprint density at radius 2 is 1.88 bits per heavy atom. The van der Waals surface area contributed by atoms with Gasteiger partial charge in [0.05, 0.1) is 24.1 Å². The van der Waals surface area contributed by atoms with Crippen molar-refractivity contribution in [1.29, 1.82) is 0 Å². The molecule has 0 radical (unpaired) electrons. The highest BCUT2D eigenvalue weighted by Gasteiger charge is 2.59. The summed E-state index contributed by atoms with van der Waals surface area (Å²) in [5.41, 5.74) is 0.706. The molecule has 7 unspecified atom stereocenters. The van der Waals surface area contributed by atoms with E-state index < -0.39 is 66.1 Å². The van der Waals surface area contributed by atoms with Gasteiger partial charge in [-0.25, -0.2) is 4.79 Å². The molecule has 1 fully saturated rings. The van der Waals surface area contributed by atoms with Gasteiger partial charge in [0.1, 0.15) is 42.4 Å². The first-order chi connectivity index (χ1) is 24.7. The van der Waals surface area contributed by atoms with Gasteiger partial charge in [-0.3, -0.25) is 19.7 Å². The van der Waals surface area contributed by atoms with E-state index >= 15 is 0 Å². The number of phenols is 2. The summed E-state index contributed by atoms with van der Waals surface area (Å²) in [6.07, 6.45) is -2.69. The van der Waals surface area contributed by atoms with Crippen LogP contribution in [0.3, 0.4) is 0 Å². The smallest absolute Gasteiger partial charge is 0.330 e. The van der Waals surface area contributed by atoms with Crippen molar-refractivity contribution in [2.75, 3.05) is 18.2 Å². The monoisotopic (exact) mass is 723 g/mol. The Labute approximate surface area is 299 Å². The van der Waals surface area contributed by atoms with E-state index in [0.29, 0.717) is 41.9 Å². The molecule has 1 saturated heterocycles. The number of aliphatic hydroxyl groups is 5. The molecule has 2 aromatic rings. The maximum atomic E-state index is 14.4. The number of hydrogen-bond donors (Lipinski definition) is 8. The largest absolute Gasteiger partial charge is 0.508 e. The van der Waals surface area contributed by atoms with Gasteiger partial charge in [0.25, 0.3) is 5.91 Å². The number of aliphatic hydroxyl groups excluding tert-OH is 5. The van der Waals surface area contributed by atoms with E-state index in [4.69, 9.17) is 9.47 Å². The highest BCUT2D eigenvalue weighted by atomic mass is 16.7. The topological polar surface area (TPSA) is 242 Å². The Bertz CT molecular complexity index is 1810. The van der Waals surface area contributed by atoms with Crippen LogP contribution in [0.25, 0.3) is 6.08 Å². The average molecular weight is 724 g/mol. The third-order valence-corrected chi connectivity index (χ3v) is 10.3. The molecule has 4 heterocycles. The predicted molar refractivity (Wildman–Crippen MR) is 188 cm³/mol. The van der Waals surface area contributed by atoms with Crippen molar-refractivity contribution in [3.05, 3.63) is 52.6 Å². The number of anilines is 1. The van der Waals surface area contributed by atoms with E-state index in [1.54, 1.807) is 18.3 Å². The van der Waals surface area contributed by atoms with Crippen LogP contribution in [0.2, 0.25) is 0 Å². The zero-order chi connectivity index (χ0) is 37.5. The van der Waals surface area contributed by atoms with Gasteiger partial charge in [-0.05, 0) is 67.0 Å². The number of amides is 1. The van der Waals surface area contributed by atoms with Crippen LogP contribution in [0.1, 0.15) is 61.8 Å². The second-order valence-electron chi connectivity index (χ2n) is 14.4. The number of hydrogen-bond acceptors (Lipinski definition) is 13. The van der Waals surface area contributed by atoms with Crippen LogP contribution in [0.5, 0.6) is 17.2 Å². The second-order valence-corrected chi connectivity index (χ2v) is 14.4. The standard InChI is InChI=1S/C37H45N3O12/c1-19(2)11-24(42)7-9-36(35(49)50)15-22-14-27(44)33-25(8-10-37(52-33)34(48)32(47)31(46)28(17-41)51-37)30(22)40(36)29(45)6-4-20-3-5-26(43)21(12-20)13-23-16-38-18-39-23/h3-6,12,14,16,19,24,28,31-32,34,41-44,46-48H,7-11,13,15,17-18H2,1-2H3,(H,49,50). The number of aliphatic imine (C=N–C) groups is 2. The van der Waals surface area contributed by atoms with E-state index in [1.165, 1.54) is 29.2 Å². The Hall–Kier alpha value is -4.38. The van der Waals surface area contributed by atoms with Crippen LogP contribution in [0.4, 0.5) is 5.69 Å². The van der Waals surface area contributed by atoms with Gasteiger partial charge in [-0.2, -0.15) is 0 Å². The summed E-state index contributed by atoms with van der Waals surface area (Å²) in [4.78, 5) is 37.3. The Kier molecular flexibility index (Phi) is 10.5. The molecule has 15 nitrogen and oxygen atoms in total. The number of fused-ring (bicyclic) bond motifs is 3. The lowest BCUT2D eigenvalue weighted by Gasteiger charge is -2.50. The number of rotatable bonds is 11. The minimum absolute atomic E-state index is 0.0300. The lowest BCUT2D eigenvalue weighted by molar-refractivity contribution is -0.342. The summed E-state index contributed by atoms with van der Waals surface area (Å²) in [5, 5.41) is 85.1. The molecule has 0 saturated carbocycles. The molecular formula is C37H45N3O12. The normalized spacial score (nSPS) is 28.6. The summed E-state index contributed by atoms with van der Waals surface area (Å²) in [6.45, 7) is 3.48. The van der Waals surface area contributed by atoms with Crippen molar-refractivity contribution < 1.29 is 59.9 Å². The van der Waals surface area contributed by atoms with Gasteiger partial charge in [-0.15, -0.1) is 0 Å². The van der Waals surface area contributed by atoms with Crippen molar-refractivity contribution >= 4 is 35.6 Å². The number of carbonyl (C=O) groups excluding carboxylic acids is 1. The van der Waals surface area contributed by atoms with Gasteiger partial charge in [0, 0.05) is 42.7 Å². The molecular weight excluding hydrogens is 678 g/mol. The number of phenolic OH excluding ortho intramolecular Hbond substituents is 2. The molecule has 52 heavy (non-hydrogen) atoms.